The summed E-state index contributed by atoms with van der Waals surface area (Å²) in [7, 11) is 0. The molecule has 1 heterocycles. The van der Waals surface area contributed by atoms with Gasteiger partial charge in [0, 0.05) is 13.1 Å². The largest absolute Gasteiger partial charge is 0.388 e. The Balaban J connectivity index is 2.01. The predicted molar refractivity (Wildman–Crippen MR) is 72.0 cm³/mol. The zero-order chi connectivity index (χ0) is 13.3. The molecule has 5 heteroatoms. The van der Waals surface area contributed by atoms with Crippen LogP contribution in [-0.2, 0) is 11.2 Å². The lowest BCUT2D eigenvalue weighted by molar-refractivity contribution is -0.130. The summed E-state index contributed by atoms with van der Waals surface area (Å²) in [5.74, 6) is 0.00571. The maximum absolute atomic E-state index is 12.0. The Bertz CT molecular complexity index is 474. The minimum Gasteiger partial charge on any atom is -0.388 e. The first kappa shape index (κ1) is 13.7. The number of hydrogen-bond donors (Lipinski definition) is 1. The van der Waals surface area contributed by atoms with E-state index in [0.717, 1.165) is 5.56 Å². The minimum atomic E-state index is -0.757. The van der Waals surface area contributed by atoms with E-state index >= 15 is 0 Å². The molecular formula is C13H15Cl2NO2. The molecule has 1 amide bonds. The molecule has 0 aliphatic carbocycles. The molecule has 0 aromatic heterocycles. The summed E-state index contributed by atoms with van der Waals surface area (Å²) in [4.78, 5) is 13.7. The minimum absolute atomic E-state index is 0.00571. The van der Waals surface area contributed by atoms with Gasteiger partial charge in [0.2, 0.25) is 5.91 Å². The topological polar surface area (TPSA) is 40.5 Å². The lowest BCUT2D eigenvalue weighted by atomic mass is 10.1. The molecule has 0 radical (unpaired) electrons. The van der Waals surface area contributed by atoms with Gasteiger partial charge in [0.25, 0.3) is 0 Å². The molecule has 98 valence electrons. The van der Waals surface area contributed by atoms with Crippen LogP contribution in [-0.4, -0.2) is 34.6 Å². The van der Waals surface area contributed by atoms with Crippen molar-refractivity contribution in [2.45, 2.75) is 25.4 Å². The first-order valence-electron chi connectivity index (χ1n) is 5.81. The number of β-amino-alcohol motifs (C(OH)–C–C–N with tert-alkyl or cyclic N) is 1. The van der Waals surface area contributed by atoms with Crippen LogP contribution in [0.1, 0.15) is 18.9 Å². The van der Waals surface area contributed by atoms with Crippen molar-refractivity contribution in [2.75, 3.05) is 13.1 Å². The van der Waals surface area contributed by atoms with Crippen molar-refractivity contribution in [2.24, 2.45) is 0 Å². The number of carbonyl (C=O) groups excluding carboxylic acids is 1. The van der Waals surface area contributed by atoms with E-state index in [2.05, 4.69) is 0 Å². The molecule has 1 aromatic carbocycles. The van der Waals surface area contributed by atoms with Crippen LogP contribution in [0.3, 0.4) is 0 Å². The van der Waals surface area contributed by atoms with E-state index in [9.17, 15) is 9.90 Å². The SMILES string of the molecule is CC1(O)CCN(C(=O)Cc2ccc(Cl)c(Cl)c2)C1. The molecule has 0 saturated carbocycles. The van der Waals surface area contributed by atoms with Crippen molar-refractivity contribution in [3.8, 4) is 0 Å². The fourth-order valence-electron chi connectivity index (χ4n) is 2.09. The van der Waals surface area contributed by atoms with Crippen molar-refractivity contribution >= 4 is 29.1 Å². The van der Waals surface area contributed by atoms with E-state index in [1.807, 2.05) is 0 Å². The number of likely N-dealkylation sites (tertiary alicyclic amines) is 1. The highest BCUT2D eigenvalue weighted by atomic mass is 35.5. The van der Waals surface area contributed by atoms with Crippen LogP contribution in [0.2, 0.25) is 10.0 Å². The lowest BCUT2D eigenvalue weighted by Crippen LogP contribution is -2.34. The van der Waals surface area contributed by atoms with Crippen LogP contribution in [0, 0.1) is 0 Å². The van der Waals surface area contributed by atoms with E-state index in [1.54, 1.807) is 30.0 Å². The second-order valence-corrected chi connectivity index (χ2v) is 5.80. The van der Waals surface area contributed by atoms with Gasteiger partial charge in [-0.25, -0.2) is 0 Å². The third kappa shape index (κ3) is 3.16. The second-order valence-electron chi connectivity index (χ2n) is 4.99. The summed E-state index contributed by atoms with van der Waals surface area (Å²) in [6, 6.07) is 5.18. The molecule has 1 saturated heterocycles. The quantitative estimate of drug-likeness (QED) is 0.908. The summed E-state index contributed by atoms with van der Waals surface area (Å²) in [6.45, 7) is 2.75. The van der Waals surface area contributed by atoms with Crippen LogP contribution in [0.15, 0.2) is 18.2 Å². The molecule has 18 heavy (non-hydrogen) atoms. The molecular weight excluding hydrogens is 273 g/mol. The first-order chi connectivity index (χ1) is 8.37. The van der Waals surface area contributed by atoms with E-state index in [-0.39, 0.29) is 12.3 Å². The Kier molecular flexibility index (Phi) is 3.85. The highest BCUT2D eigenvalue weighted by molar-refractivity contribution is 6.42. The number of carbonyl (C=O) groups is 1. The van der Waals surface area contributed by atoms with Crippen molar-refractivity contribution in [1.82, 2.24) is 4.90 Å². The molecule has 1 aliphatic rings. The van der Waals surface area contributed by atoms with Crippen molar-refractivity contribution < 1.29 is 9.90 Å². The van der Waals surface area contributed by atoms with Crippen LogP contribution in [0.4, 0.5) is 0 Å². The van der Waals surface area contributed by atoms with E-state index in [4.69, 9.17) is 23.2 Å². The highest BCUT2D eigenvalue weighted by Gasteiger charge is 2.33. The standard InChI is InChI=1S/C13H15Cl2NO2/c1-13(18)4-5-16(8-13)12(17)7-9-2-3-10(14)11(15)6-9/h2-3,6,18H,4-5,7-8H2,1H3. The fourth-order valence-corrected chi connectivity index (χ4v) is 2.41. The number of nitrogens with zero attached hydrogens (tertiary/aromatic N) is 1. The Morgan fingerprint density at radius 1 is 1.44 bits per heavy atom. The molecule has 1 aromatic rings. The number of amides is 1. The molecule has 0 bridgehead atoms. The number of halogens is 2. The monoisotopic (exact) mass is 287 g/mol. The predicted octanol–water partition coefficient (Wildman–Crippen LogP) is 2.52. The van der Waals surface area contributed by atoms with Gasteiger partial charge in [0.15, 0.2) is 0 Å². The van der Waals surface area contributed by atoms with Crippen LogP contribution < -0.4 is 0 Å². The van der Waals surface area contributed by atoms with E-state index in [0.29, 0.717) is 29.6 Å². The average Bonchev–Trinajstić information content (AvgIpc) is 2.64. The Morgan fingerprint density at radius 2 is 2.17 bits per heavy atom. The molecule has 2 rings (SSSR count). The van der Waals surface area contributed by atoms with Gasteiger partial charge in [-0.3, -0.25) is 4.79 Å². The van der Waals surface area contributed by atoms with Gasteiger partial charge in [0.1, 0.15) is 0 Å². The molecule has 0 spiro atoms. The zero-order valence-electron chi connectivity index (χ0n) is 10.1. The Morgan fingerprint density at radius 3 is 2.72 bits per heavy atom. The van der Waals surface area contributed by atoms with Crippen molar-refractivity contribution in [1.29, 1.82) is 0 Å². The van der Waals surface area contributed by atoms with Gasteiger partial charge >= 0.3 is 0 Å². The zero-order valence-corrected chi connectivity index (χ0v) is 11.6. The molecule has 1 fully saturated rings. The van der Waals surface area contributed by atoms with Gasteiger partial charge in [-0.1, -0.05) is 29.3 Å². The maximum Gasteiger partial charge on any atom is 0.227 e. The van der Waals surface area contributed by atoms with Crippen LogP contribution in [0.5, 0.6) is 0 Å². The van der Waals surface area contributed by atoms with E-state index in [1.165, 1.54) is 0 Å². The number of benzene rings is 1. The molecule has 1 atom stereocenters. The molecule has 1 N–H and O–H groups in total. The highest BCUT2D eigenvalue weighted by Crippen LogP contribution is 2.24. The Hall–Kier alpha value is -0.770. The van der Waals surface area contributed by atoms with Crippen molar-refractivity contribution in [3.05, 3.63) is 33.8 Å². The number of rotatable bonds is 2. The van der Waals surface area contributed by atoms with Gasteiger partial charge in [-0.05, 0) is 31.0 Å². The van der Waals surface area contributed by atoms with Gasteiger partial charge < -0.3 is 10.0 Å². The molecule has 3 nitrogen and oxygen atoms in total. The number of aliphatic hydroxyl groups is 1. The summed E-state index contributed by atoms with van der Waals surface area (Å²) in [5.41, 5.74) is 0.0776. The molecule has 1 unspecified atom stereocenters. The first-order valence-corrected chi connectivity index (χ1v) is 6.57. The molecule has 1 aliphatic heterocycles. The average molecular weight is 288 g/mol. The summed E-state index contributed by atoms with van der Waals surface area (Å²) < 4.78 is 0. The summed E-state index contributed by atoms with van der Waals surface area (Å²) >= 11 is 11.7. The number of hydrogen-bond acceptors (Lipinski definition) is 2. The van der Waals surface area contributed by atoms with Gasteiger partial charge in [0.05, 0.1) is 22.1 Å². The third-order valence-electron chi connectivity index (χ3n) is 3.14. The lowest BCUT2D eigenvalue weighted by Gasteiger charge is -2.19. The smallest absolute Gasteiger partial charge is 0.227 e. The van der Waals surface area contributed by atoms with E-state index < -0.39 is 5.60 Å². The van der Waals surface area contributed by atoms with Crippen LogP contribution >= 0.6 is 23.2 Å². The summed E-state index contributed by atoms with van der Waals surface area (Å²) in [6.07, 6.45) is 0.910. The normalized spacial score (nSPS) is 23.4. The van der Waals surface area contributed by atoms with Crippen LogP contribution in [0.25, 0.3) is 0 Å². The fraction of sp³-hybridized carbons (Fsp3) is 0.462. The van der Waals surface area contributed by atoms with Gasteiger partial charge in [-0.15, -0.1) is 0 Å². The van der Waals surface area contributed by atoms with Gasteiger partial charge in [-0.2, -0.15) is 0 Å². The van der Waals surface area contributed by atoms with Crippen molar-refractivity contribution in [3.63, 3.8) is 0 Å². The summed E-state index contributed by atoms with van der Waals surface area (Å²) in [5, 5.41) is 10.8. The Labute approximate surface area is 116 Å². The maximum atomic E-state index is 12.0. The second kappa shape index (κ2) is 5.08. The third-order valence-corrected chi connectivity index (χ3v) is 3.88.